The average molecular weight is 249 g/mol. The summed E-state index contributed by atoms with van der Waals surface area (Å²) in [4.78, 5) is 0. The first-order valence-corrected chi connectivity index (χ1v) is 10.1. The lowest BCUT2D eigenvalue weighted by Gasteiger charge is -2.25. The van der Waals surface area contributed by atoms with Crippen molar-refractivity contribution in [1.29, 1.82) is 0 Å². The van der Waals surface area contributed by atoms with Crippen LogP contribution in [0.1, 0.15) is 32.8 Å². The molecule has 0 aromatic heterocycles. The van der Waals surface area contributed by atoms with E-state index in [-0.39, 0.29) is 5.54 Å². The molecule has 0 amide bonds. The highest BCUT2D eigenvalue weighted by atomic mass is 28.3. The van der Waals surface area contributed by atoms with Crippen LogP contribution in [0.4, 0.5) is 0 Å². The van der Waals surface area contributed by atoms with Crippen molar-refractivity contribution < 1.29 is 0 Å². The predicted octanol–water partition coefficient (Wildman–Crippen LogP) is 3.51. The Morgan fingerprint density at radius 3 is 2.00 bits per heavy atom. The summed E-state index contributed by atoms with van der Waals surface area (Å²) < 4.78 is 0. The van der Waals surface area contributed by atoms with Gasteiger partial charge in [-0.1, -0.05) is 56.0 Å². The molecular weight excluding hydrogens is 222 g/mol. The standard InChI is InChI=1S/C15H27NSi/c1-7-15(2,3)16-12-13-8-10-14(11-9-13)17(4,5)6/h8-11,16H,7,12H2,1-6H3. The maximum absolute atomic E-state index is 3.59. The van der Waals surface area contributed by atoms with Crippen LogP contribution in [0.2, 0.25) is 19.6 Å². The SMILES string of the molecule is CCC(C)(C)NCc1ccc([Si](C)(C)C)cc1. The quantitative estimate of drug-likeness (QED) is 0.788. The second-order valence-electron chi connectivity index (χ2n) is 6.54. The zero-order chi connectivity index (χ0) is 13.1. The van der Waals surface area contributed by atoms with Gasteiger partial charge in [0.2, 0.25) is 0 Å². The van der Waals surface area contributed by atoms with Gasteiger partial charge in [-0.05, 0) is 25.8 Å². The number of hydrogen-bond acceptors (Lipinski definition) is 1. The van der Waals surface area contributed by atoms with Gasteiger partial charge in [-0.3, -0.25) is 0 Å². The average Bonchev–Trinajstić information content (AvgIpc) is 2.26. The molecule has 0 aliphatic heterocycles. The van der Waals surface area contributed by atoms with Gasteiger partial charge in [0.25, 0.3) is 0 Å². The van der Waals surface area contributed by atoms with E-state index in [2.05, 4.69) is 70.0 Å². The molecular formula is C15H27NSi. The normalized spacial score (nSPS) is 12.8. The fourth-order valence-electron chi connectivity index (χ4n) is 1.59. The van der Waals surface area contributed by atoms with Crippen molar-refractivity contribution in [3.05, 3.63) is 29.8 Å². The van der Waals surface area contributed by atoms with Crippen molar-refractivity contribution in [3.63, 3.8) is 0 Å². The predicted molar refractivity (Wildman–Crippen MR) is 80.6 cm³/mol. The highest BCUT2D eigenvalue weighted by Gasteiger charge is 2.16. The molecule has 0 aliphatic carbocycles. The van der Waals surface area contributed by atoms with Crippen LogP contribution in [-0.2, 0) is 6.54 Å². The van der Waals surface area contributed by atoms with Gasteiger partial charge in [0, 0.05) is 12.1 Å². The maximum Gasteiger partial charge on any atom is 0.0775 e. The molecule has 0 radical (unpaired) electrons. The van der Waals surface area contributed by atoms with Crippen LogP contribution in [0, 0.1) is 0 Å². The summed E-state index contributed by atoms with van der Waals surface area (Å²) in [5.41, 5.74) is 1.62. The molecule has 0 heterocycles. The van der Waals surface area contributed by atoms with Gasteiger partial charge in [-0.15, -0.1) is 0 Å². The summed E-state index contributed by atoms with van der Waals surface area (Å²) in [6.07, 6.45) is 1.15. The summed E-state index contributed by atoms with van der Waals surface area (Å²) in [5, 5.41) is 5.13. The molecule has 17 heavy (non-hydrogen) atoms. The number of nitrogens with one attached hydrogen (secondary N) is 1. The molecule has 1 aromatic rings. The molecule has 0 bridgehead atoms. The minimum Gasteiger partial charge on any atom is -0.308 e. The Bertz CT molecular complexity index is 346. The van der Waals surface area contributed by atoms with Crippen molar-refractivity contribution in [2.75, 3.05) is 0 Å². The third-order valence-electron chi connectivity index (χ3n) is 3.47. The highest BCUT2D eigenvalue weighted by molar-refractivity contribution is 6.88. The third-order valence-corrected chi connectivity index (χ3v) is 5.54. The molecule has 1 nitrogen and oxygen atoms in total. The Labute approximate surface area is 108 Å². The molecule has 1 aromatic carbocycles. The fourth-order valence-corrected chi connectivity index (χ4v) is 2.76. The minimum atomic E-state index is -1.14. The van der Waals surface area contributed by atoms with Crippen LogP contribution in [0.25, 0.3) is 0 Å². The molecule has 0 saturated carbocycles. The van der Waals surface area contributed by atoms with Crippen LogP contribution >= 0.6 is 0 Å². The second-order valence-corrected chi connectivity index (χ2v) is 11.6. The third kappa shape index (κ3) is 4.64. The zero-order valence-corrected chi connectivity index (χ0v) is 13.2. The molecule has 2 heteroatoms. The summed E-state index contributed by atoms with van der Waals surface area (Å²) in [6.45, 7) is 14.9. The lowest BCUT2D eigenvalue weighted by atomic mass is 10.0. The van der Waals surface area contributed by atoms with Crippen molar-refractivity contribution in [2.24, 2.45) is 0 Å². The minimum absolute atomic E-state index is 0.234. The van der Waals surface area contributed by atoms with E-state index in [1.54, 1.807) is 0 Å². The summed E-state index contributed by atoms with van der Waals surface area (Å²) >= 11 is 0. The highest BCUT2D eigenvalue weighted by Crippen LogP contribution is 2.09. The molecule has 0 unspecified atom stereocenters. The topological polar surface area (TPSA) is 12.0 Å². The van der Waals surface area contributed by atoms with E-state index in [4.69, 9.17) is 0 Å². The molecule has 96 valence electrons. The van der Waals surface area contributed by atoms with Crippen LogP contribution in [0.15, 0.2) is 24.3 Å². The van der Waals surface area contributed by atoms with Crippen molar-refractivity contribution in [1.82, 2.24) is 5.32 Å². The number of rotatable bonds is 5. The van der Waals surface area contributed by atoms with Gasteiger partial charge in [-0.25, -0.2) is 0 Å². The van der Waals surface area contributed by atoms with Gasteiger partial charge < -0.3 is 5.32 Å². The first kappa shape index (κ1) is 14.5. The summed E-state index contributed by atoms with van der Waals surface area (Å²) in [5.74, 6) is 0. The van der Waals surface area contributed by atoms with E-state index in [1.807, 2.05) is 0 Å². The van der Waals surface area contributed by atoms with Crippen LogP contribution in [0.3, 0.4) is 0 Å². The van der Waals surface area contributed by atoms with E-state index >= 15 is 0 Å². The smallest absolute Gasteiger partial charge is 0.0775 e. The van der Waals surface area contributed by atoms with Crippen LogP contribution < -0.4 is 10.5 Å². The molecule has 1 N–H and O–H groups in total. The Kier molecular flexibility index (Phi) is 4.56. The summed E-state index contributed by atoms with van der Waals surface area (Å²) in [7, 11) is -1.14. The Morgan fingerprint density at radius 1 is 1.06 bits per heavy atom. The van der Waals surface area contributed by atoms with E-state index in [9.17, 15) is 0 Å². The van der Waals surface area contributed by atoms with Gasteiger partial charge in [-0.2, -0.15) is 0 Å². The lowest BCUT2D eigenvalue weighted by Crippen LogP contribution is -2.39. The Balaban J connectivity index is 2.64. The zero-order valence-electron chi connectivity index (χ0n) is 12.2. The summed E-state index contributed by atoms with van der Waals surface area (Å²) in [6, 6.07) is 9.16. The second kappa shape index (κ2) is 5.36. The van der Waals surface area contributed by atoms with E-state index in [0.717, 1.165) is 13.0 Å². The van der Waals surface area contributed by atoms with E-state index in [0.29, 0.717) is 0 Å². The van der Waals surface area contributed by atoms with Crippen molar-refractivity contribution in [3.8, 4) is 0 Å². The van der Waals surface area contributed by atoms with Gasteiger partial charge >= 0.3 is 0 Å². The lowest BCUT2D eigenvalue weighted by molar-refractivity contribution is 0.374. The largest absolute Gasteiger partial charge is 0.308 e. The van der Waals surface area contributed by atoms with Crippen molar-refractivity contribution >= 4 is 13.3 Å². The maximum atomic E-state index is 3.59. The number of hydrogen-bond donors (Lipinski definition) is 1. The molecule has 0 saturated heterocycles. The first-order chi connectivity index (χ1) is 7.74. The van der Waals surface area contributed by atoms with Gasteiger partial charge in [0.1, 0.15) is 0 Å². The molecule has 0 fully saturated rings. The molecule has 0 aliphatic rings. The Hall–Kier alpha value is -0.603. The molecule has 0 atom stereocenters. The monoisotopic (exact) mass is 249 g/mol. The van der Waals surface area contributed by atoms with Crippen LogP contribution in [-0.4, -0.2) is 13.6 Å². The van der Waals surface area contributed by atoms with Crippen LogP contribution in [0.5, 0.6) is 0 Å². The first-order valence-electron chi connectivity index (χ1n) is 6.59. The van der Waals surface area contributed by atoms with Crippen molar-refractivity contribution in [2.45, 2.75) is 58.9 Å². The van der Waals surface area contributed by atoms with Gasteiger partial charge in [0.15, 0.2) is 0 Å². The fraction of sp³-hybridized carbons (Fsp3) is 0.600. The molecule has 0 spiro atoms. The number of benzene rings is 1. The van der Waals surface area contributed by atoms with E-state index < -0.39 is 8.07 Å². The Morgan fingerprint density at radius 2 is 1.59 bits per heavy atom. The van der Waals surface area contributed by atoms with Gasteiger partial charge in [0.05, 0.1) is 8.07 Å². The van der Waals surface area contributed by atoms with E-state index in [1.165, 1.54) is 10.8 Å². The molecule has 1 rings (SSSR count).